The number of hydrogen-bond acceptors (Lipinski definition) is 7. The van der Waals surface area contributed by atoms with Gasteiger partial charge in [0.15, 0.2) is 11.5 Å². The predicted molar refractivity (Wildman–Crippen MR) is 133 cm³/mol. The highest BCUT2D eigenvalue weighted by Gasteiger charge is 2.36. The van der Waals surface area contributed by atoms with Crippen LogP contribution in [0.5, 0.6) is 11.5 Å². The molecule has 0 radical (unpaired) electrons. The Morgan fingerprint density at radius 3 is 2.44 bits per heavy atom. The van der Waals surface area contributed by atoms with E-state index in [1.54, 1.807) is 54.6 Å². The van der Waals surface area contributed by atoms with Crippen molar-refractivity contribution in [2.75, 3.05) is 12.0 Å². The molecule has 1 aliphatic rings. The quantitative estimate of drug-likeness (QED) is 0.200. The van der Waals surface area contributed by atoms with Crippen LogP contribution in [-0.4, -0.2) is 23.2 Å². The Hall–Kier alpha value is -3.63. The zero-order valence-corrected chi connectivity index (χ0v) is 20.2. The van der Waals surface area contributed by atoms with E-state index in [0.717, 1.165) is 22.2 Å². The average Bonchev–Trinajstić information content (AvgIpc) is 3.11. The predicted octanol–water partition coefficient (Wildman–Crippen LogP) is 6.19. The van der Waals surface area contributed by atoms with Gasteiger partial charge in [-0.3, -0.25) is 19.7 Å². The van der Waals surface area contributed by atoms with E-state index in [1.165, 1.54) is 19.2 Å². The highest BCUT2D eigenvalue weighted by Crippen LogP contribution is 2.40. The highest BCUT2D eigenvalue weighted by atomic mass is 79.9. The first-order chi connectivity index (χ1) is 16.4. The zero-order valence-electron chi connectivity index (χ0n) is 17.8. The number of halogens is 1. The molecule has 4 rings (SSSR count). The standard InChI is InChI=1S/C24H17BrN2O6S/c1-32-20-12-16(13-21-23(28)26(24(29)34-21)17-5-3-2-4-6-17)11-19(25)22(20)33-14-15-7-9-18(10-8-15)27(30)31/h2-13H,14H2,1H3/b21-13-. The van der Waals surface area contributed by atoms with Crippen LogP contribution in [0, 0.1) is 10.1 Å². The van der Waals surface area contributed by atoms with Gasteiger partial charge in [-0.1, -0.05) is 18.2 Å². The maximum atomic E-state index is 12.9. The highest BCUT2D eigenvalue weighted by molar-refractivity contribution is 9.10. The molecule has 0 unspecified atom stereocenters. The van der Waals surface area contributed by atoms with E-state index in [4.69, 9.17) is 9.47 Å². The van der Waals surface area contributed by atoms with Crippen molar-refractivity contribution < 1.29 is 24.0 Å². The first-order valence-corrected chi connectivity index (χ1v) is 11.5. The number of thioether (sulfide) groups is 1. The number of nitro groups is 1. The lowest BCUT2D eigenvalue weighted by Gasteiger charge is -2.14. The summed E-state index contributed by atoms with van der Waals surface area (Å²) in [6.07, 6.45) is 1.63. The Morgan fingerprint density at radius 2 is 1.79 bits per heavy atom. The Labute approximate surface area is 207 Å². The molecule has 34 heavy (non-hydrogen) atoms. The zero-order chi connectivity index (χ0) is 24.2. The summed E-state index contributed by atoms with van der Waals surface area (Å²) in [5.74, 6) is 0.468. The van der Waals surface area contributed by atoms with E-state index in [9.17, 15) is 19.7 Å². The van der Waals surface area contributed by atoms with Crippen LogP contribution >= 0.6 is 27.7 Å². The molecule has 0 bridgehead atoms. The van der Waals surface area contributed by atoms with Crippen molar-refractivity contribution in [2.24, 2.45) is 0 Å². The number of amides is 2. The summed E-state index contributed by atoms with van der Waals surface area (Å²) in [6, 6.07) is 18.3. The number of carbonyl (C=O) groups excluding carboxylic acids is 2. The van der Waals surface area contributed by atoms with Gasteiger partial charge < -0.3 is 9.47 Å². The van der Waals surface area contributed by atoms with Gasteiger partial charge in [0.25, 0.3) is 16.8 Å². The van der Waals surface area contributed by atoms with Gasteiger partial charge in [-0.2, -0.15) is 0 Å². The third-order valence-electron chi connectivity index (χ3n) is 4.89. The van der Waals surface area contributed by atoms with Crippen molar-refractivity contribution in [3.05, 3.63) is 97.3 Å². The second kappa shape index (κ2) is 10.1. The first-order valence-electron chi connectivity index (χ1n) is 9.94. The lowest BCUT2D eigenvalue weighted by molar-refractivity contribution is -0.384. The summed E-state index contributed by atoms with van der Waals surface area (Å²) in [5, 5.41) is 10.4. The molecule has 1 fully saturated rings. The van der Waals surface area contributed by atoms with Gasteiger partial charge in [0.2, 0.25) is 0 Å². The van der Waals surface area contributed by atoms with Crippen LogP contribution in [0.25, 0.3) is 6.08 Å². The van der Waals surface area contributed by atoms with Crippen molar-refractivity contribution >= 4 is 56.3 Å². The molecule has 2 amide bonds. The third kappa shape index (κ3) is 4.97. The van der Waals surface area contributed by atoms with Crippen LogP contribution < -0.4 is 14.4 Å². The molecule has 1 aliphatic heterocycles. The van der Waals surface area contributed by atoms with Crippen molar-refractivity contribution in [1.29, 1.82) is 0 Å². The van der Waals surface area contributed by atoms with Crippen molar-refractivity contribution in [3.63, 3.8) is 0 Å². The van der Waals surface area contributed by atoms with Gasteiger partial charge in [-0.25, -0.2) is 4.90 Å². The number of benzene rings is 3. The summed E-state index contributed by atoms with van der Waals surface area (Å²) in [5.41, 5.74) is 1.91. The molecule has 0 aromatic heterocycles. The maximum Gasteiger partial charge on any atom is 0.298 e. The number of ether oxygens (including phenoxy) is 2. The number of nitro benzene ring substituents is 1. The number of para-hydroxylation sites is 1. The van der Waals surface area contributed by atoms with Crippen LogP contribution in [0.3, 0.4) is 0 Å². The van der Waals surface area contributed by atoms with E-state index < -0.39 is 10.8 Å². The number of hydrogen-bond donors (Lipinski definition) is 0. The van der Waals surface area contributed by atoms with Crippen LogP contribution in [0.1, 0.15) is 11.1 Å². The molecule has 1 heterocycles. The van der Waals surface area contributed by atoms with E-state index >= 15 is 0 Å². The minimum absolute atomic E-state index is 0.00328. The molecular weight excluding hydrogens is 524 g/mol. The lowest BCUT2D eigenvalue weighted by atomic mass is 10.1. The number of carbonyl (C=O) groups is 2. The van der Waals surface area contributed by atoms with Gasteiger partial charge in [0.05, 0.1) is 27.1 Å². The number of non-ortho nitro benzene ring substituents is 1. The topological polar surface area (TPSA) is 99.0 Å². The molecule has 10 heteroatoms. The SMILES string of the molecule is COc1cc(/C=C2\SC(=O)N(c3ccccc3)C2=O)cc(Br)c1OCc1ccc([N+](=O)[O-])cc1. The number of imide groups is 1. The Kier molecular flexibility index (Phi) is 6.99. The smallest absolute Gasteiger partial charge is 0.298 e. The normalized spacial score (nSPS) is 14.5. The van der Waals surface area contributed by atoms with E-state index in [1.807, 2.05) is 6.07 Å². The van der Waals surface area contributed by atoms with Crippen LogP contribution in [-0.2, 0) is 11.4 Å². The molecule has 3 aromatic rings. The summed E-state index contributed by atoms with van der Waals surface area (Å²) >= 11 is 4.34. The molecule has 172 valence electrons. The summed E-state index contributed by atoms with van der Waals surface area (Å²) in [6.45, 7) is 0.169. The second-order valence-electron chi connectivity index (χ2n) is 7.10. The summed E-state index contributed by atoms with van der Waals surface area (Å²) < 4.78 is 11.9. The van der Waals surface area contributed by atoms with E-state index in [2.05, 4.69) is 15.9 Å². The van der Waals surface area contributed by atoms with Gasteiger partial charge in [0, 0.05) is 12.1 Å². The van der Waals surface area contributed by atoms with Gasteiger partial charge >= 0.3 is 0 Å². The number of methoxy groups -OCH3 is 1. The Balaban J connectivity index is 1.55. The van der Waals surface area contributed by atoms with Crippen molar-refractivity contribution in [1.82, 2.24) is 0 Å². The molecular formula is C24H17BrN2O6S. The van der Waals surface area contributed by atoms with Crippen molar-refractivity contribution in [2.45, 2.75) is 6.61 Å². The molecule has 3 aromatic carbocycles. The molecule has 0 spiro atoms. The van der Waals surface area contributed by atoms with Crippen molar-refractivity contribution in [3.8, 4) is 11.5 Å². The number of anilines is 1. The van der Waals surface area contributed by atoms with Gasteiger partial charge in [0.1, 0.15) is 6.61 Å². The fourth-order valence-electron chi connectivity index (χ4n) is 3.25. The molecule has 0 atom stereocenters. The summed E-state index contributed by atoms with van der Waals surface area (Å²) in [4.78, 5) is 37.1. The second-order valence-corrected chi connectivity index (χ2v) is 8.95. The fourth-order valence-corrected chi connectivity index (χ4v) is 4.67. The molecule has 0 saturated carbocycles. The van der Waals surface area contributed by atoms with Crippen LogP contribution in [0.4, 0.5) is 16.2 Å². The average molecular weight is 541 g/mol. The van der Waals surface area contributed by atoms with Crippen LogP contribution in [0.2, 0.25) is 0 Å². The van der Waals surface area contributed by atoms with Crippen LogP contribution in [0.15, 0.2) is 76.1 Å². The van der Waals surface area contributed by atoms with Gasteiger partial charge in [-0.05, 0) is 81.3 Å². The Bertz CT molecular complexity index is 1290. The van der Waals surface area contributed by atoms with Gasteiger partial charge in [-0.15, -0.1) is 0 Å². The monoisotopic (exact) mass is 540 g/mol. The molecule has 8 nitrogen and oxygen atoms in total. The number of nitrogens with zero attached hydrogens (tertiary/aromatic N) is 2. The largest absolute Gasteiger partial charge is 0.493 e. The molecule has 0 N–H and O–H groups in total. The first kappa shape index (κ1) is 23.5. The fraction of sp³-hybridized carbons (Fsp3) is 0.0833. The Morgan fingerprint density at radius 1 is 1.09 bits per heavy atom. The molecule has 0 aliphatic carbocycles. The van der Waals surface area contributed by atoms with E-state index in [0.29, 0.717) is 32.1 Å². The summed E-state index contributed by atoms with van der Waals surface area (Å²) in [7, 11) is 1.49. The molecule has 1 saturated heterocycles. The maximum absolute atomic E-state index is 12.9. The van der Waals surface area contributed by atoms with E-state index in [-0.39, 0.29) is 17.5 Å². The number of rotatable bonds is 7. The third-order valence-corrected chi connectivity index (χ3v) is 6.35. The minimum Gasteiger partial charge on any atom is -0.493 e. The minimum atomic E-state index is -0.461. The lowest BCUT2D eigenvalue weighted by Crippen LogP contribution is -2.27.